The van der Waals surface area contributed by atoms with E-state index in [0.29, 0.717) is 50.8 Å². The number of para-hydroxylation sites is 1. The summed E-state index contributed by atoms with van der Waals surface area (Å²) in [6.07, 6.45) is 3.14. The van der Waals surface area contributed by atoms with E-state index in [1.165, 1.54) is 20.5 Å². The summed E-state index contributed by atoms with van der Waals surface area (Å²) >= 11 is 0. The Morgan fingerprint density at radius 1 is 1.00 bits per heavy atom. The first-order valence-electron chi connectivity index (χ1n) is 10.8. The number of carbonyl (C=O) groups excluding carboxylic acids is 2. The van der Waals surface area contributed by atoms with Gasteiger partial charge in [0.2, 0.25) is 5.78 Å². The average molecular weight is 471 g/mol. The highest BCUT2D eigenvalue weighted by Gasteiger charge is 2.33. The van der Waals surface area contributed by atoms with Crippen LogP contribution in [0.25, 0.3) is 17.0 Å². The molecule has 0 bridgehead atoms. The van der Waals surface area contributed by atoms with Crippen molar-refractivity contribution in [3.05, 3.63) is 83.8 Å². The van der Waals surface area contributed by atoms with Gasteiger partial charge in [0.1, 0.15) is 22.6 Å². The molecule has 5 rings (SSSR count). The van der Waals surface area contributed by atoms with Gasteiger partial charge in [-0.1, -0.05) is 24.3 Å². The van der Waals surface area contributed by atoms with Crippen LogP contribution in [0.4, 0.5) is 5.69 Å². The van der Waals surface area contributed by atoms with Crippen LogP contribution in [0.2, 0.25) is 0 Å². The predicted octanol–water partition coefficient (Wildman–Crippen LogP) is 5.08. The zero-order chi connectivity index (χ0) is 24.4. The van der Waals surface area contributed by atoms with Crippen LogP contribution in [0.1, 0.15) is 15.9 Å². The largest absolute Gasteiger partial charge is 0.495 e. The number of hydrogen-bond donors (Lipinski definition) is 1. The summed E-state index contributed by atoms with van der Waals surface area (Å²) in [7, 11) is 3.00. The van der Waals surface area contributed by atoms with Gasteiger partial charge in [-0.05, 0) is 42.0 Å². The van der Waals surface area contributed by atoms with E-state index in [9.17, 15) is 9.59 Å². The first-order valence-corrected chi connectivity index (χ1v) is 10.8. The average Bonchev–Trinajstić information content (AvgIpc) is 3.46. The summed E-state index contributed by atoms with van der Waals surface area (Å²) in [5, 5.41) is 3.45. The van der Waals surface area contributed by atoms with Crippen molar-refractivity contribution in [1.82, 2.24) is 0 Å². The first kappa shape index (κ1) is 22.1. The lowest BCUT2D eigenvalue weighted by atomic mass is 10.1. The number of amides is 1. The van der Waals surface area contributed by atoms with Crippen LogP contribution < -0.4 is 24.3 Å². The van der Waals surface area contributed by atoms with Gasteiger partial charge < -0.3 is 28.7 Å². The third-order valence-corrected chi connectivity index (χ3v) is 5.45. The fraction of sp³-hybridized carbons (Fsp3) is 0.111. The molecule has 0 atom stereocenters. The van der Waals surface area contributed by atoms with Crippen LogP contribution in [0.15, 0.2) is 77.1 Å². The van der Waals surface area contributed by atoms with Gasteiger partial charge in [-0.15, -0.1) is 0 Å². The molecule has 0 unspecified atom stereocenters. The Balaban J connectivity index is 1.34. The third-order valence-electron chi connectivity index (χ3n) is 5.45. The number of ether oxygens (including phenoxy) is 4. The zero-order valence-corrected chi connectivity index (χ0v) is 19.0. The number of methoxy groups -OCH3 is 2. The van der Waals surface area contributed by atoms with Crippen LogP contribution in [-0.4, -0.2) is 32.5 Å². The van der Waals surface area contributed by atoms with Gasteiger partial charge in [0, 0.05) is 11.8 Å². The number of rotatable bonds is 7. The molecule has 0 fully saturated rings. The second kappa shape index (κ2) is 9.26. The molecule has 4 aromatic rings. The van der Waals surface area contributed by atoms with Crippen LogP contribution >= 0.6 is 0 Å². The molecule has 0 saturated carbocycles. The maximum atomic E-state index is 13.1. The van der Waals surface area contributed by atoms with Gasteiger partial charge in [-0.25, -0.2) is 0 Å². The lowest BCUT2D eigenvalue weighted by Gasteiger charge is -2.11. The molecular weight excluding hydrogens is 450 g/mol. The van der Waals surface area contributed by atoms with E-state index in [4.69, 9.17) is 23.4 Å². The molecule has 1 amide bonds. The lowest BCUT2D eigenvalue weighted by Crippen LogP contribution is -2.20. The number of anilines is 1. The SMILES string of the molecule is COc1cc(/C=C2\Oc3cc4occc4c(OC)c3C2=O)ccc1OCC(=O)Nc1ccccc1. The number of ketones is 1. The van der Waals surface area contributed by atoms with Crippen molar-refractivity contribution in [2.24, 2.45) is 0 Å². The Morgan fingerprint density at radius 2 is 1.83 bits per heavy atom. The molecule has 8 heteroatoms. The summed E-state index contributed by atoms with van der Waals surface area (Å²) in [6, 6.07) is 17.6. The van der Waals surface area contributed by atoms with E-state index in [2.05, 4.69) is 5.32 Å². The standard InChI is InChI=1S/C27H21NO7/c1-31-21-12-16(8-9-19(21)34-15-24(29)28-17-6-4-3-5-7-17)13-23-26(30)25-22(35-23)14-20-18(10-11-33-20)27(25)32-2/h3-14H,15H2,1-2H3,(H,28,29)/b23-13-. The number of allylic oxidation sites excluding steroid dienone is 1. The summed E-state index contributed by atoms with van der Waals surface area (Å²) < 4.78 is 27.8. The minimum absolute atomic E-state index is 0.143. The Labute approximate surface area is 200 Å². The van der Waals surface area contributed by atoms with Crippen molar-refractivity contribution in [3.8, 4) is 23.0 Å². The normalized spacial score (nSPS) is 13.4. The summed E-state index contributed by atoms with van der Waals surface area (Å²) in [6.45, 7) is -0.191. The first-order chi connectivity index (χ1) is 17.1. The van der Waals surface area contributed by atoms with Crippen molar-refractivity contribution in [2.45, 2.75) is 0 Å². The highest BCUT2D eigenvalue weighted by Crippen LogP contribution is 2.43. The predicted molar refractivity (Wildman–Crippen MR) is 129 cm³/mol. The van der Waals surface area contributed by atoms with Crippen LogP contribution in [0.3, 0.4) is 0 Å². The Kier molecular flexibility index (Phi) is 5.85. The molecule has 1 aliphatic heterocycles. The number of hydrogen-bond acceptors (Lipinski definition) is 7. The molecule has 1 aliphatic rings. The van der Waals surface area contributed by atoms with E-state index in [1.54, 1.807) is 48.5 Å². The van der Waals surface area contributed by atoms with Gasteiger partial charge in [0.25, 0.3) is 5.91 Å². The van der Waals surface area contributed by atoms with E-state index in [1.807, 2.05) is 18.2 Å². The van der Waals surface area contributed by atoms with Crippen LogP contribution in [-0.2, 0) is 4.79 Å². The molecule has 35 heavy (non-hydrogen) atoms. The van der Waals surface area contributed by atoms with Crippen molar-refractivity contribution < 1.29 is 33.0 Å². The third kappa shape index (κ3) is 4.29. The van der Waals surface area contributed by atoms with Gasteiger partial charge >= 0.3 is 0 Å². The number of Topliss-reactive ketones (excluding diaryl/α,β-unsaturated/α-hetero) is 1. The maximum absolute atomic E-state index is 13.1. The summed E-state index contributed by atoms with van der Waals surface area (Å²) in [5.41, 5.74) is 2.25. The highest BCUT2D eigenvalue weighted by molar-refractivity contribution is 6.18. The fourth-order valence-electron chi connectivity index (χ4n) is 3.86. The quantitative estimate of drug-likeness (QED) is 0.375. The number of benzene rings is 3. The van der Waals surface area contributed by atoms with E-state index in [-0.39, 0.29) is 24.1 Å². The van der Waals surface area contributed by atoms with Crippen molar-refractivity contribution in [1.29, 1.82) is 0 Å². The Morgan fingerprint density at radius 3 is 2.60 bits per heavy atom. The van der Waals surface area contributed by atoms with E-state index < -0.39 is 0 Å². The zero-order valence-electron chi connectivity index (χ0n) is 19.0. The van der Waals surface area contributed by atoms with Crippen LogP contribution in [0, 0.1) is 0 Å². The Hall–Kier alpha value is -4.72. The summed E-state index contributed by atoms with van der Waals surface area (Å²) in [4.78, 5) is 25.3. The molecule has 1 aromatic heterocycles. The molecule has 0 radical (unpaired) electrons. The number of carbonyl (C=O) groups is 2. The molecule has 176 valence electrons. The van der Waals surface area contributed by atoms with Crippen molar-refractivity contribution >= 4 is 34.4 Å². The van der Waals surface area contributed by atoms with Gasteiger partial charge in [-0.3, -0.25) is 9.59 Å². The smallest absolute Gasteiger partial charge is 0.262 e. The summed E-state index contributed by atoms with van der Waals surface area (Å²) in [5.74, 6) is 1.13. The topological polar surface area (TPSA) is 96.2 Å². The lowest BCUT2D eigenvalue weighted by molar-refractivity contribution is -0.118. The number of nitrogens with one attached hydrogen (secondary N) is 1. The molecule has 2 heterocycles. The molecule has 0 saturated heterocycles. The van der Waals surface area contributed by atoms with Gasteiger partial charge in [-0.2, -0.15) is 0 Å². The molecular formula is C27H21NO7. The molecule has 8 nitrogen and oxygen atoms in total. The second-order valence-corrected chi connectivity index (χ2v) is 7.67. The second-order valence-electron chi connectivity index (χ2n) is 7.67. The highest BCUT2D eigenvalue weighted by atomic mass is 16.5. The van der Waals surface area contributed by atoms with Crippen molar-refractivity contribution in [2.75, 3.05) is 26.1 Å². The number of fused-ring (bicyclic) bond motifs is 2. The molecule has 1 N–H and O–H groups in total. The van der Waals surface area contributed by atoms with Crippen molar-refractivity contribution in [3.63, 3.8) is 0 Å². The van der Waals surface area contributed by atoms with E-state index >= 15 is 0 Å². The maximum Gasteiger partial charge on any atom is 0.262 e. The van der Waals surface area contributed by atoms with E-state index in [0.717, 1.165) is 0 Å². The van der Waals surface area contributed by atoms with Gasteiger partial charge in [0.15, 0.2) is 23.9 Å². The minimum atomic E-state index is -0.299. The minimum Gasteiger partial charge on any atom is -0.495 e. The Bertz CT molecular complexity index is 1450. The monoisotopic (exact) mass is 471 g/mol. The molecule has 0 aliphatic carbocycles. The molecule has 0 spiro atoms. The van der Waals surface area contributed by atoms with Crippen LogP contribution in [0.5, 0.6) is 23.0 Å². The molecule has 3 aromatic carbocycles. The van der Waals surface area contributed by atoms with Gasteiger partial charge in [0.05, 0.1) is 25.9 Å². The fourth-order valence-corrected chi connectivity index (χ4v) is 3.86. The number of furan rings is 1.